The molecule has 6 aromatic carbocycles. The van der Waals surface area contributed by atoms with Gasteiger partial charge in [0.05, 0.1) is 0 Å². The molecule has 1 atom stereocenters. The maximum atomic E-state index is 6.79. The van der Waals surface area contributed by atoms with E-state index in [0.29, 0.717) is 11.9 Å². The number of fused-ring (bicyclic) bond motifs is 4. The Hall–Kier alpha value is -5.65. The standard InChI is InChI=1S/C44H27B3O/c1-2-39(45)42(47)41(46)37-27-44(38-17-8-6-13-34(37)38,31-23-19-29(20-24-31)28-11-4-3-5-12-28)32-25-21-30(22-26-32)33-15-10-16-36-35-14-7-9-18-40(35)48-43(33)36/h1,3-26H,27H2/b41-37-,42-39-. The summed E-state index contributed by atoms with van der Waals surface area (Å²) >= 11 is 0. The van der Waals surface area contributed by atoms with Crippen molar-refractivity contribution in [1.29, 1.82) is 0 Å². The zero-order chi connectivity index (χ0) is 32.8. The van der Waals surface area contributed by atoms with E-state index in [4.69, 9.17) is 34.4 Å². The first-order valence-corrected chi connectivity index (χ1v) is 16.0. The van der Waals surface area contributed by atoms with Crippen LogP contribution < -0.4 is 0 Å². The SMILES string of the molecule is [B]/C(C#C)=C([B])/C([B])=C1\CC(c2ccc(-c3ccccc3)cc2)(c2ccc(-c3cccc4c3oc3ccccc34)cc2)c2ccccc21. The van der Waals surface area contributed by atoms with Crippen molar-refractivity contribution >= 4 is 51.1 Å². The molecule has 0 saturated heterocycles. The Bertz CT molecular complexity index is 2440. The van der Waals surface area contributed by atoms with Gasteiger partial charge in [0, 0.05) is 21.8 Å². The molecule has 4 heteroatoms. The van der Waals surface area contributed by atoms with E-state index >= 15 is 0 Å². The van der Waals surface area contributed by atoms with Gasteiger partial charge in [0.15, 0.2) is 0 Å². The molecule has 0 spiro atoms. The third kappa shape index (κ3) is 4.70. The summed E-state index contributed by atoms with van der Waals surface area (Å²) in [4.78, 5) is 0. The quantitative estimate of drug-likeness (QED) is 0.141. The number of para-hydroxylation sites is 2. The van der Waals surface area contributed by atoms with Crippen LogP contribution in [-0.2, 0) is 5.41 Å². The van der Waals surface area contributed by atoms with Crippen LogP contribution in [0.2, 0.25) is 0 Å². The Kier molecular flexibility index (Phi) is 7.35. The van der Waals surface area contributed by atoms with Gasteiger partial charge in [0.2, 0.25) is 0 Å². The molecule has 0 bridgehead atoms. The molecule has 0 amide bonds. The Morgan fingerprint density at radius 3 is 1.90 bits per heavy atom. The van der Waals surface area contributed by atoms with E-state index in [1.807, 2.05) is 30.3 Å². The first-order valence-electron chi connectivity index (χ1n) is 16.0. The first kappa shape index (κ1) is 29.7. The maximum absolute atomic E-state index is 6.79. The molecule has 1 heterocycles. The fourth-order valence-corrected chi connectivity index (χ4v) is 7.37. The number of allylic oxidation sites excluding steroid dienone is 4. The Labute approximate surface area is 285 Å². The van der Waals surface area contributed by atoms with Gasteiger partial charge in [-0.3, -0.25) is 0 Å². The summed E-state index contributed by atoms with van der Waals surface area (Å²) in [5, 5.41) is 2.22. The van der Waals surface area contributed by atoms with Crippen LogP contribution >= 0.6 is 0 Å². The van der Waals surface area contributed by atoms with Crippen molar-refractivity contribution < 1.29 is 4.42 Å². The molecule has 7 aromatic rings. The van der Waals surface area contributed by atoms with E-state index in [-0.39, 0.29) is 10.9 Å². The number of terminal acetylenes is 1. The number of hydrogen-bond acceptors (Lipinski definition) is 1. The van der Waals surface area contributed by atoms with Gasteiger partial charge < -0.3 is 4.42 Å². The lowest BCUT2D eigenvalue weighted by molar-refractivity contribution is 0.661. The summed E-state index contributed by atoms with van der Waals surface area (Å²) in [7, 11) is 19.3. The van der Waals surface area contributed by atoms with Crippen LogP contribution in [0.1, 0.15) is 28.7 Å². The summed E-state index contributed by atoms with van der Waals surface area (Å²) < 4.78 is 6.38. The summed E-state index contributed by atoms with van der Waals surface area (Å²) in [6, 6.07) is 51.0. The third-order valence-corrected chi connectivity index (χ3v) is 9.79. The number of furan rings is 1. The normalized spacial score (nSPS) is 17.1. The fraction of sp³-hybridized carbons (Fsp3) is 0.0455. The van der Waals surface area contributed by atoms with Crippen molar-refractivity contribution in [2.24, 2.45) is 0 Å². The van der Waals surface area contributed by atoms with E-state index in [1.165, 1.54) is 5.56 Å². The topological polar surface area (TPSA) is 13.1 Å². The molecule has 0 saturated carbocycles. The first-order chi connectivity index (χ1) is 23.5. The smallest absolute Gasteiger partial charge is 0.143 e. The second kappa shape index (κ2) is 11.9. The molecule has 0 fully saturated rings. The molecular formula is C44H27B3O. The molecule has 48 heavy (non-hydrogen) atoms. The molecule has 0 N–H and O–H groups in total. The van der Waals surface area contributed by atoms with Crippen LogP contribution in [0.5, 0.6) is 0 Å². The minimum absolute atomic E-state index is 0.131. The highest BCUT2D eigenvalue weighted by molar-refractivity contribution is 6.43. The van der Waals surface area contributed by atoms with Gasteiger partial charge in [-0.2, -0.15) is 0 Å². The van der Waals surface area contributed by atoms with Crippen LogP contribution in [0.25, 0.3) is 49.8 Å². The molecule has 0 aliphatic heterocycles. The molecular weight excluding hydrogens is 577 g/mol. The van der Waals surface area contributed by atoms with Crippen molar-refractivity contribution in [3.05, 3.63) is 184 Å². The molecule has 1 aliphatic rings. The fourth-order valence-electron chi connectivity index (χ4n) is 7.37. The molecule has 1 aliphatic carbocycles. The summed E-state index contributed by atoms with van der Waals surface area (Å²) in [6.07, 6.45) is 6.21. The van der Waals surface area contributed by atoms with Gasteiger partial charge >= 0.3 is 0 Å². The largest absolute Gasteiger partial charge is 0.455 e. The van der Waals surface area contributed by atoms with E-state index in [1.54, 1.807) is 0 Å². The van der Waals surface area contributed by atoms with Crippen molar-refractivity contribution in [3.8, 4) is 34.6 Å². The highest BCUT2D eigenvalue weighted by Crippen LogP contribution is 2.55. The van der Waals surface area contributed by atoms with Crippen molar-refractivity contribution in [2.45, 2.75) is 11.8 Å². The van der Waals surface area contributed by atoms with Crippen molar-refractivity contribution in [3.63, 3.8) is 0 Å². The lowest BCUT2D eigenvalue weighted by Gasteiger charge is -2.32. The van der Waals surface area contributed by atoms with E-state index in [9.17, 15) is 0 Å². The lowest BCUT2D eigenvalue weighted by Crippen LogP contribution is -2.26. The van der Waals surface area contributed by atoms with Crippen molar-refractivity contribution in [2.75, 3.05) is 0 Å². The van der Waals surface area contributed by atoms with Gasteiger partial charge in [-0.25, -0.2) is 0 Å². The Balaban J connectivity index is 1.32. The van der Waals surface area contributed by atoms with E-state index in [0.717, 1.165) is 66.5 Å². The van der Waals surface area contributed by atoms with E-state index in [2.05, 4.69) is 121 Å². The van der Waals surface area contributed by atoms with Gasteiger partial charge in [0.25, 0.3) is 0 Å². The van der Waals surface area contributed by atoms with Gasteiger partial charge in [-0.05, 0) is 57.0 Å². The van der Waals surface area contributed by atoms with Crippen LogP contribution in [0.4, 0.5) is 0 Å². The minimum Gasteiger partial charge on any atom is -0.455 e. The average molecular weight is 604 g/mol. The summed E-state index contributed by atoms with van der Waals surface area (Å²) in [6.45, 7) is 0. The second-order valence-corrected chi connectivity index (χ2v) is 12.3. The monoisotopic (exact) mass is 604 g/mol. The predicted molar refractivity (Wildman–Crippen MR) is 202 cm³/mol. The van der Waals surface area contributed by atoms with Crippen LogP contribution in [0, 0.1) is 12.3 Å². The summed E-state index contributed by atoms with van der Waals surface area (Å²) in [5.41, 5.74) is 11.8. The molecule has 218 valence electrons. The maximum Gasteiger partial charge on any atom is 0.143 e. The predicted octanol–water partition coefficient (Wildman–Crippen LogP) is 9.72. The molecule has 8 rings (SSSR count). The zero-order valence-electron chi connectivity index (χ0n) is 26.3. The zero-order valence-corrected chi connectivity index (χ0v) is 26.3. The highest BCUT2D eigenvalue weighted by Gasteiger charge is 2.44. The number of hydrogen-bond donors (Lipinski definition) is 0. The number of benzene rings is 6. The summed E-state index contributed by atoms with van der Waals surface area (Å²) in [5.74, 6) is 2.45. The molecule has 1 unspecified atom stereocenters. The lowest BCUT2D eigenvalue weighted by atomic mass is 9.66. The van der Waals surface area contributed by atoms with Crippen LogP contribution in [0.15, 0.2) is 166 Å². The van der Waals surface area contributed by atoms with Gasteiger partial charge in [-0.1, -0.05) is 156 Å². The van der Waals surface area contributed by atoms with Crippen molar-refractivity contribution in [1.82, 2.24) is 0 Å². The highest BCUT2D eigenvalue weighted by atomic mass is 16.3. The molecule has 1 aromatic heterocycles. The Morgan fingerprint density at radius 1 is 0.583 bits per heavy atom. The third-order valence-electron chi connectivity index (χ3n) is 9.79. The number of rotatable bonds is 5. The Morgan fingerprint density at radius 2 is 1.17 bits per heavy atom. The van der Waals surface area contributed by atoms with Gasteiger partial charge in [-0.15, -0.1) is 11.9 Å². The minimum atomic E-state index is -0.555. The molecule has 6 radical (unpaired) electrons. The van der Waals surface area contributed by atoms with Crippen LogP contribution in [0.3, 0.4) is 0 Å². The average Bonchev–Trinajstić information content (AvgIpc) is 3.72. The second-order valence-electron chi connectivity index (χ2n) is 12.3. The molecule has 1 nitrogen and oxygen atoms in total. The van der Waals surface area contributed by atoms with Gasteiger partial charge in [0.1, 0.15) is 34.7 Å². The van der Waals surface area contributed by atoms with Crippen LogP contribution in [-0.4, -0.2) is 23.5 Å². The van der Waals surface area contributed by atoms with E-state index < -0.39 is 5.41 Å².